The fourth-order valence-corrected chi connectivity index (χ4v) is 3.63. The van der Waals surface area contributed by atoms with E-state index in [1.807, 2.05) is 42.7 Å². The summed E-state index contributed by atoms with van der Waals surface area (Å²) < 4.78 is 14.1. The third-order valence-corrected chi connectivity index (χ3v) is 5.15. The fraction of sp³-hybridized carbons (Fsp3) is 0.444. The molecule has 1 aromatic heterocycles. The first-order chi connectivity index (χ1) is 12.5. The van der Waals surface area contributed by atoms with E-state index in [4.69, 9.17) is 5.73 Å². The lowest BCUT2D eigenvalue weighted by Crippen LogP contribution is -2.51. The zero-order valence-corrected chi connectivity index (χ0v) is 18.8. The Morgan fingerprint density at radius 2 is 2.04 bits per heavy atom. The van der Waals surface area contributed by atoms with E-state index in [1.54, 1.807) is 17.4 Å². The van der Waals surface area contributed by atoms with Gasteiger partial charge in [-0.3, -0.25) is 0 Å². The van der Waals surface area contributed by atoms with Gasteiger partial charge in [0.2, 0.25) is 0 Å². The van der Waals surface area contributed by atoms with Gasteiger partial charge in [0.05, 0.1) is 6.54 Å². The smallest absolute Gasteiger partial charge is 0.191 e. The number of aliphatic imine (C=N–C) groups is 1. The Balaban J connectivity index is 0.00000261. The van der Waals surface area contributed by atoms with E-state index in [0.717, 1.165) is 36.9 Å². The molecule has 0 spiro atoms. The van der Waals surface area contributed by atoms with Crippen molar-refractivity contribution in [3.8, 4) is 0 Å². The minimum atomic E-state index is -0.193. The van der Waals surface area contributed by atoms with Crippen LogP contribution >= 0.6 is 35.3 Å². The Labute approximate surface area is 180 Å². The molecule has 0 saturated carbocycles. The second kappa shape index (κ2) is 10.2. The SMILES string of the molecule is CN(C)Cc1ccc(CN=C(N)N2CCN(c3nccs3)CC2)cc1F.I. The number of thiazole rings is 1. The van der Waals surface area contributed by atoms with Crippen molar-refractivity contribution in [3.05, 3.63) is 46.7 Å². The highest BCUT2D eigenvalue weighted by atomic mass is 127. The van der Waals surface area contributed by atoms with Crippen molar-refractivity contribution in [2.75, 3.05) is 45.2 Å². The van der Waals surface area contributed by atoms with Gasteiger partial charge in [0.25, 0.3) is 0 Å². The Hall–Kier alpha value is -1.46. The van der Waals surface area contributed by atoms with Gasteiger partial charge in [-0.15, -0.1) is 35.3 Å². The number of nitrogens with two attached hydrogens (primary N) is 1. The topological polar surface area (TPSA) is 61.0 Å². The van der Waals surface area contributed by atoms with Crippen molar-refractivity contribution in [1.82, 2.24) is 14.8 Å². The molecule has 0 aliphatic carbocycles. The van der Waals surface area contributed by atoms with Gasteiger partial charge in [-0.05, 0) is 25.7 Å². The van der Waals surface area contributed by atoms with Gasteiger partial charge in [0, 0.05) is 49.9 Å². The van der Waals surface area contributed by atoms with Crippen LogP contribution in [0.1, 0.15) is 11.1 Å². The van der Waals surface area contributed by atoms with E-state index < -0.39 is 0 Å². The zero-order valence-electron chi connectivity index (χ0n) is 15.6. The molecule has 1 aromatic carbocycles. The number of halogens is 2. The van der Waals surface area contributed by atoms with Crippen LogP contribution in [0.4, 0.5) is 9.52 Å². The van der Waals surface area contributed by atoms with E-state index >= 15 is 0 Å². The zero-order chi connectivity index (χ0) is 18.5. The molecule has 3 rings (SSSR count). The number of nitrogens with zero attached hydrogens (tertiary/aromatic N) is 5. The average Bonchev–Trinajstić information content (AvgIpc) is 3.16. The van der Waals surface area contributed by atoms with E-state index in [2.05, 4.69) is 19.8 Å². The van der Waals surface area contributed by atoms with Gasteiger partial charge in [0.15, 0.2) is 11.1 Å². The maximum absolute atomic E-state index is 14.1. The molecule has 2 aromatic rings. The van der Waals surface area contributed by atoms with E-state index in [9.17, 15) is 4.39 Å². The summed E-state index contributed by atoms with van der Waals surface area (Å²) in [7, 11) is 3.85. The molecule has 0 amide bonds. The van der Waals surface area contributed by atoms with Crippen LogP contribution in [-0.2, 0) is 13.1 Å². The van der Waals surface area contributed by atoms with Crippen molar-refractivity contribution < 1.29 is 4.39 Å². The summed E-state index contributed by atoms with van der Waals surface area (Å²) in [5.41, 5.74) is 7.66. The number of hydrogen-bond donors (Lipinski definition) is 1. The summed E-state index contributed by atoms with van der Waals surface area (Å²) in [6.45, 7) is 4.34. The molecule has 0 atom stereocenters. The summed E-state index contributed by atoms with van der Waals surface area (Å²) in [6, 6.07) is 5.29. The number of guanidine groups is 1. The number of benzene rings is 1. The highest BCUT2D eigenvalue weighted by Crippen LogP contribution is 2.19. The number of aromatic nitrogens is 1. The van der Waals surface area contributed by atoms with Crippen molar-refractivity contribution in [3.63, 3.8) is 0 Å². The van der Waals surface area contributed by atoms with Crippen LogP contribution in [0.15, 0.2) is 34.8 Å². The van der Waals surface area contributed by atoms with Crippen LogP contribution in [0.25, 0.3) is 0 Å². The minimum Gasteiger partial charge on any atom is -0.370 e. The quantitative estimate of drug-likeness (QED) is 0.386. The molecule has 1 aliphatic heterocycles. The molecule has 1 fully saturated rings. The predicted molar refractivity (Wildman–Crippen MR) is 120 cm³/mol. The van der Waals surface area contributed by atoms with E-state index in [0.29, 0.717) is 24.6 Å². The molecule has 148 valence electrons. The van der Waals surface area contributed by atoms with Crippen molar-refractivity contribution in [2.45, 2.75) is 13.1 Å². The molecule has 0 bridgehead atoms. The number of rotatable bonds is 5. The number of hydrogen-bond acceptors (Lipinski definition) is 5. The molecule has 27 heavy (non-hydrogen) atoms. The van der Waals surface area contributed by atoms with Gasteiger partial charge in [-0.2, -0.15) is 0 Å². The Morgan fingerprint density at radius 3 is 2.63 bits per heavy atom. The van der Waals surface area contributed by atoms with Crippen LogP contribution in [0.5, 0.6) is 0 Å². The normalized spacial score (nSPS) is 15.2. The highest BCUT2D eigenvalue weighted by Gasteiger charge is 2.19. The molecule has 0 radical (unpaired) electrons. The molecule has 1 saturated heterocycles. The van der Waals surface area contributed by atoms with E-state index in [-0.39, 0.29) is 29.8 Å². The van der Waals surface area contributed by atoms with Crippen LogP contribution in [0.2, 0.25) is 0 Å². The lowest BCUT2D eigenvalue weighted by molar-refractivity contribution is 0.380. The predicted octanol–water partition coefficient (Wildman–Crippen LogP) is 2.60. The molecule has 6 nitrogen and oxygen atoms in total. The monoisotopic (exact) mass is 504 g/mol. The first-order valence-electron chi connectivity index (χ1n) is 8.64. The first kappa shape index (κ1) is 21.8. The van der Waals surface area contributed by atoms with Gasteiger partial charge >= 0.3 is 0 Å². The van der Waals surface area contributed by atoms with Crippen LogP contribution in [0, 0.1) is 5.82 Å². The summed E-state index contributed by atoms with van der Waals surface area (Å²) >= 11 is 1.65. The summed E-state index contributed by atoms with van der Waals surface area (Å²) in [5, 5.41) is 3.04. The number of anilines is 1. The Kier molecular flexibility index (Phi) is 8.24. The Bertz CT molecular complexity index is 744. The maximum Gasteiger partial charge on any atom is 0.191 e. The minimum absolute atomic E-state index is 0. The van der Waals surface area contributed by atoms with Crippen molar-refractivity contribution in [2.24, 2.45) is 10.7 Å². The lowest BCUT2D eigenvalue weighted by atomic mass is 10.1. The van der Waals surface area contributed by atoms with Crippen LogP contribution < -0.4 is 10.6 Å². The molecular formula is C18H26FIN6S. The maximum atomic E-state index is 14.1. The fourth-order valence-electron chi connectivity index (χ4n) is 2.93. The van der Waals surface area contributed by atoms with Crippen LogP contribution in [0.3, 0.4) is 0 Å². The van der Waals surface area contributed by atoms with E-state index in [1.165, 1.54) is 0 Å². The van der Waals surface area contributed by atoms with Crippen LogP contribution in [-0.4, -0.2) is 61.0 Å². The van der Waals surface area contributed by atoms with Gasteiger partial charge < -0.3 is 20.4 Å². The average molecular weight is 504 g/mol. The van der Waals surface area contributed by atoms with Gasteiger partial charge in [-0.1, -0.05) is 12.1 Å². The van der Waals surface area contributed by atoms with Crippen molar-refractivity contribution in [1.29, 1.82) is 0 Å². The van der Waals surface area contributed by atoms with Gasteiger partial charge in [-0.25, -0.2) is 14.4 Å². The standard InChI is InChI=1S/C18H25FN6S.HI/c1-23(2)13-15-4-3-14(11-16(15)19)12-22-17(20)24-6-8-25(9-7-24)18-21-5-10-26-18;/h3-5,10-11H,6-9,12-13H2,1-2H3,(H2,20,22);1H. The molecule has 9 heteroatoms. The molecule has 2 heterocycles. The first-order valence-corrected chi connectivity index (χ1v) is 9.52. The lowest BCUT2D eigenvalue weighted by Gasteiger charge is -2.35. The summed E-state index contributed by atoms with van der Waals surface area (Å²) in [4.78, 5) is 15.1. The highest BCUT2D eigenvalue weighted by molar-refractivity contribution is 14.0. The largest absolute Gasteiger partial charge is 0.370 e. The molecular weight excluding hydrogens is 478 g/mol. The van der Waals surface area contributed by atoms with Crippen molar-refractivity contribution >= 4 is 46.4 Å². The third-order valence-electron chi connectivity index (χ3n) is 4.32. The summed E-state index contributed by atoms with van der Waals surface area (Å²) in [5.74, 6) is 0.323. The number of piperazine rings is 1. The molecule has 1 aliphatic rings. The Morgan fingerprint density at radius 1 is 1.30 bits per heavy atom. The molecule has 0 unspecified atom stereocenters. The summed E-state index contributed by atoms with van der Waals surface area (Å²) in [6.07, 6.45) is 1.82. The second-order valence-electron chi connectivity index (χ2n) is 6.63. The second-order valence-corrected chi connectivity index (χ2v) is 7.50. The van der Waals surface area contributed by atoms with Gasteiger partial charge in [0.1, 0.15) is 5.82 Å². The molecule has 2 N–H and O–H groups in total. The third kappa shape index (κ3) is 6.01.